The topological polar surface area (TPSA) is 48.5 Å². The zero-order valence-corrected chi connectivity index (χ0v) is 19.7. The largest absolute Gasteiger partial charge is 0.350 e. The van der Waals surface area contributed by atoms with E-state index in [4.69, 9.17) is 11.6 Å². The van der Waals surface area contributed by atoms with Gasteiger partial charge in [0.2, 0.25) is 0 Å². The molecule has 1 unspecified atom stereocenters. The first-order valence-electron chi connectivity index (χ1n) is 10.6. The molecule has 1 aliphatic heterocycles. The molecule has 0 bridgehead atoms. The Morgan fingerprint density at radius 3 is 2.78 bits per heavy atom. The summed E-state index contributed by atoms with van der Waals surface area (Å²) in [7, 11) is 0. The summed E-state index contributed by atoms with van der Waals surface area (Å²) >= 11 is 7.71. The van der Waals surface area contributed by atoms with Crippen molar-refractivity contribution in [1.82, 2.24) is 15.2 Å². The van der Waals surface area contributed by atoms with Crippen LogP contribution in [-0.4, -0.2) is 41.5 Å². The fourth-order valence-electron chi connectivity index (χ4n) is 4.07. The minimum absolute atomic E-state index is 0.137. The van der Waals surface area contributed by atoms with E-state index in [1.54, 1.807) is 29.5 Å². The van der Waals surface area contributed by atoms with E-state index < -0.39 is 0 Å². The first kappa shape index (κ1) is 22.7. The summed E-state index contributed by atoms with van der Waals surface area (Å²) in [5, 5.41) is 3.60. The van der Waals surface area contributed by atoms with Gasteiger partial charge in [-0.3, -0.25) is 9.69 Å². The standard InChI is InChI=1S/C24H26ClFN4OS/c1-16-13-29(14-18-6-8-19(26)9-7-18)10-11-30(16)23-22(32-15-28-23)12-27-24(31)20-4-3-5-21(25)17(20)2/h3-9,15-16H,10-14H2,1-2H3,(H,27,31). The molecule has 8 heteroatoms. The van der Waals surface area contributed by atoms with Crippen molar-refractivity contribution >= 4 is 34.7 Å². The van der Waals surface area contributed by atoms with Crippen LogP contribution in [0.25, 0.3) is 0 Å². The number of nitrogens with zero attached hydrogens (tertiary/aromatic N) is 3. The van der Waals surface area contributed by atoms with E-state index in [2.05, 4.69) is 27.0 Å². The van der Waals surface area contributed by atoms with E-state index in [-0.39, 0.29) is 17.8 Å². The molecule has 168 valence electrons. The van der Waals surface area contributed by atoms with Gasteiger partial charge in [0.15, 0.2) is 0 Å². The third kappa shape index (κ3) is 5.11. The number of nitrogens with one attached hydrogen (secondary N) is 1. The predicted molar refractivity (Wildman–Crippen MR) is 128 cm³/mol. The smallest absolute Gasteiger partial charge is 0.251 e. The molecule has 1 saturated heterocycles. The number of hydrogen-bond donors (Lipinski definition) is 1. The van der Waals surface area contributed by atoms with E-state index in [0.29, 0.717) is 17.1 Å². The molecule has 5 nitrogen and oxygen atoms in total. The Morgan fingerprint density at radius 1 is 1.25 bits per heavy atom. The molecule has 1 aromatic heterocycles. The lowest BCUT2D eigenvalue weighted by Crippen LogP contribution is -2.52. The Morgan fingerprint density at radius 2 is 2.03 bits per heavy atom. The van der Waals surface area contributed by atoms with Crippen molar-refractivity contribution < 1.29 is 9.18 Å². The third-order valence-corrected chi connectivity index (χ3v) is 7.08. The number of amides is 1. The van der Waals surface area contributed by atoms with Crippen LogP contribution in [0.4, 0.5) is 10.2 Å². The number of rotatable bonds is 6. The van der Waals surface area contributed by atoms with Crippen molar-refractivity contribution in [2.75, 3.05) is 24.5 Å². The Bertz CT molecular complexity index is 1090. The number of carbonyl (C=O) groups is 1. The summed E-state index contributed by atoms with van der Waals surface area (Å²) in [6, 6.07) is 12.3. The van der Waals surface area contributed by atoms with Crippen LogP contribution in [0.5, 0.6) is 0 Å². The Balaban J connectivity index is 1.37. The maximum Gasteiger partial charge on any atom is 0.251 e. The molecule has 1 amide bonds. The SMILES string of the molecule is Cc1c(Cl)cccc1C(=O)NCc1scnc1N1CCN(Cc2ccc(F)cc2)CC1C. The van der Waals surface area contributed by atoms with E-state index in [9.17, 15) is 9.18 Å². The van der Waals surface area contributed by atoms with Crippen molar-refractivity contribution in [2.24, 2.45) is 0 Å². The van der Waals surface area contributed by atoms with Gasteiger partial charge in [0.1, 0.15) is 11.6 Å². The number of halogens is 2. The summed E-state index contributed by atoms with van der Waals surface area (Å²) in [5.41, 5.74) is 4.31. The van der Waals surface area contributed by atoms with Crippen LogP contribution in [-0.2, 0) is 13.1 Å². The predicted octanol–water partition coefficient (Wildman–Crippen LogP) is 4.88. The summed E-state index contributed by atoms with van der Waals surface area (Å²) in [6.07, 6.45) is 0. The molecule has 1 atom stereocenters. The van der Waals surface area contributed by atoms with Gasteiger partial charge in [-0.05, 0) is 49.2 Å². The molecule has 32 heavy (non-hydrogen) atoms. The number of aromatic nitrogens is 1. The molecule has 4 rings (SSSR count). The van der Waals surface area contributed by atoms with E-state index in [0.717, 1.165) is 48.0 Å². The second-order valence-corrected chi connectivity index (χ2v) is 9.44. The van der Waals surface area contributed by atoms with Crippen LogP contribution in [0.15, 0.2) is 48.0 Å². The molecule has 2 aromatic carbocycles. The fraction of sp³-hybridized carbons (Fsp3) is 0.333. The van der Waals surface area contributed by atoms with E-state index >= 15 is 0 Å². The number of hydrogen-bond acceptors (Lipinski definition) is 5. The number of piperazine rings is 1. The molecule has 0 aliphatic carbocycles. The highest BCUT2D eigenvalue weighted by molar-refractivity contribution is 7.10. The molecule has 1 N–H and O–H groups in total. The summed E-state index contributed by atoms with van der Waals surface area (Å²) in [4.78, 5) is 23.0. The second kappa shape index (κ2) is 9.98. The van der Waals surface area contributed by atoms with Gasteiger partial charge in [-0.25, -0.2) is 9.37 Å². The normalized spacial score (nSPS) is 16.9. The second-order valence-electron chi connectivity index (χ2n) is 8.10. The van der Waals surface area contributed by atoms with Crippen molar-refractivity contribution in [3.05, 3.63) is 80.4 Å². The quantitative estimate of drug-likeness (QED) is 0.555. The van der Waals surface area contributed by atoms with Crippen molar-refractivity contribution in [1.29, 1.82) is 0 Å². The first-order valence-corrected chi connectivity index (χ1v) is 11.9. The highest BCUT2D eigenvalue weighted by atomic mass is 35.5. The number of benzene rings is 2. The van der Waals surface area contributed by atoms with Gasteiger partial charge in [-0.15, -0.1) is 11.3 Å². The van der Waals surface area contributed by atoms with Crippen LogP contribution in [0.1, 0.15) is 33.3 Å². The van der Waals surface area contributed by atoms with Gasteiger partial charge in [0, 0.05) is 42.8 Å². The zero-order valence-electron chi connectivity index (χ0n) is 18.1. The highest BCUT2D eigenvalue weighted by Gasteiger charge is 2.27. The number of thiazole rings is 1. The Hall–Kier alpha value is -2.48. The third-order valence-electron chi connectivity index (χ3n) is 5.84. The van der Waals surface area contributed by atoms with Gasteiger partial charge in [-0.1, -0.05) is 29.8 Å². The van der Waals surface area contributed by atoms with Crippen LogP contribution >= 0.6 is 22.9 Å². The van der Waals surface area contributed by atoms with Crippen molar-refractivity contribution in [3.8, 4) is 0 Å². The van der Waals surface area contributed by atoms with Gasteiger partial charge in [0.25, 0.3) is 5.91 Å². The average Bonchev–Trinajstić information content (AvgIpc) is 3.24. The Labute approximate surface area is 196 Å². The van der Waals surface area contributed by atoms with E-state index in [1.807, 2.05) is 24.6 Å². The van der Waals surface area contributed by atoms with Crippen molar-refractivity contribution in [3.63, 3.8) is 0 Å². The monoisotopic (exact) mass is 472 g/mol. The fourth-order valence-corrected chi connectivity index (χ4v) is 4.95. The lowest BCUT2D eigenvalue weighted by molar-refractivity contribution is 0.0950. The minimum atomic E-state index is -0.208. The molecule has 2 heterocycles. The minimum Gasteiger partial charge on any atom is -0.350 e. The first-order chi connectivity index (χ1) is 15.4. The lowest BCUT2D eigenvalue weighted by atomic mass is 10.1. The average molecular weight is 473 g/mol. The van der Waals surface area contributed by atoms with Gasteiger partial charge in [0.05, 0.1) is 16.9 Å². The van der Waals surface area contributed by atoms with Crippen LogP contribution < -0.4 is 10.2 Å². The number of carbonyl (C=O) groups excluding carboxylic acids is 1. The summed E-state index contributed by atoms with van der Waals surface area (Å²) < 4.78 is 13.2. The van der Waals surface area contributed by atoms with Gasteiger partial charge >= 0.3 is 0 Å². The highest BCUT2D eigenvalue weighted by Crippen LogP contribution is 2.27. The molecular weight excluding hydrogens is 447 g/mol. The molecule has 3 aromatic rings. The molecule has 0 saturated carbocycles. The van der Waals surface area contributed by atoms with Gasteiger partial charge in [-0.2, -0.15) is 0 Å². The maximum atomic E-state index is 13.2. The molecule has 0 radical (unpaired) electrons. The van der Waals surface area contributed by atoms with Crippen LogP contribution in [0.3, 0.4) is 0 Å². The Kier molecular flexibility index (Phi) is 7.08. The van der Waals surface area contributed by atoms with Crippen LogP contribution in [0, 0.1) is 12.7 Å². The number of anilines is 1. The van der Waals surface area contributed by atoms with Crippen molar-refractivity contribution in [2.45, 2.75) is 33.0 Å². The zero-order chi connectivity index (χ0) is 22.7. The molecular formula is C24H26ClFN4OS. The molecule has 0 spiro atoms. The maximum absolute atomic E-state index is 13.2. The van der Waals surface area contributed by atoms with E-state index in [1.165, 1.54) is 12.1 Å². The lowest BCUT2D eigenvalue weighted by Gasteiger charge is -2.40. The molecule has 1 fully saturated rings. The van der Waals surface area contributed by atoms with Gasteiger partial charge < -0.3 is 10.2 Å². The molecule has 1 aliphatic rings. The summed E-state index contributed by atoms with van der Waals surface area (Å²) in [6.45, 7) is 7.90. The summed E-state index contributed by atoms with van der Waals surface area (Å²) in [5.74, 6) is 0.592. The van der Waals surface area contributed by atoms with Crippen LogP contribution in [0.2, 0.25) is 5.02 Å².